The Kier molecular flexibility index (Phi) is 4.35. The predicted molar refractivity (Wildman–Crippen MR) is 92.9 cm³/mol. The number of hydrogen-bond donors (Lipinski definition) is 1. The molecule has 0 fully saturated rings. The number of carbonyl (C=O) groups excluding carboxylic acids is 1. The molecule has 6 heteroatoms. The van der Waals surface area contributed by atoms with Gasteiger partial charge in [-0.25, -0.2) is 8.78 Å². The fourth-order valence-electron chi connectivity index (χ4n) is 2.85. The van der Waals surface area contributed by atoms with Gasteiger partial charge in [-0.3, -0.25) is 9.59 Å². The van der Waals surface area contributed by atoms with Crippen molar-refractivity contribution in [2.24, 2.45) is 0 Å². The normalized spacial score (nSPS) is 10.9. The number of aromatic nitrogens is 1. The van der Waals surface area contributed by atoms with Crippen molar-refractivity contribution in [3.63, 3.8) is 0 Å². The zero-order chi connectivity index (χ0) is 18.1. The van der Waals surface area contributed by atoms with E-state index in [0.717, 1.165) is 23.3 Å². The fourth-order valence-corrected chi connectivity index (χ4v) is 2.85. The minimum Gasteiger partial charge on any atom is -0.345 e. The van der Waals surface area contributed by atoms with Crippen LogP contribution in [0, 0.1) is 18.6 Å². The van der Waals surface area contributed by atoms with Gasteiger partial charge in [-0.15, -0.1) is 0 Å². The third-order valence-electron chi connectivity index (χ3n) is 4.08. The van der Waals surface area contributed by atoms with E-state index in [1.807, 2.05) is 18.4 Å². The van der Waals surface area contributed by atoms with Crippen molar-refractivity contribution < 1.29 is 13.6 Å². The maximum absolute atomic E-state index is 13.7. The van der Waals surface area contributed by atoms with Gasteiger partial charge in [-0.2, -0.15) is 0 Å². The molecule has 0 radical (unpaired) electrons. The minimum absolute atomic E-state index is 0.124. The van der Waals surface area contributed by atoms with Crippen LogP contribution in [0.4, 0.5) is 14.5 Å². The smallest absolute Gasteiger partial charge is 0.255 e. The van der Waals surface area contributed by atoms with Gasteiger partial charge < -0.3 is 9.88 Å². The van der Waals surface area contributed by atoms with E-state index >= 15 is 0 Å². The first-order chi connectivity index (χ1) is 11.9. The summed E-state index contributed by atoms with van der Waals surface area (Å²) in [6.07, 6.45) is 0. The lowest BCUT2D eigenvalue weighted by Gasteiger charge is -2.13. The molecule has 25 heavy (non-hydrogen) atoms. The number of halogens is 2. The Hall–Kier alpha value is -3.02. The second-order valence-electron chi connectivity index (χ2n) is 5.70. The summed E-state index contributed by atoms with van der Waals surface area (Å²) in [4.78, 5) is 24.6. The Morgan fingerprint density at radius 2 is 1.88 bits per heavy atom. The highest BCUT2D eigenvalue weighted by molar-refractivity contribution is 6.06. The van der Waals surface area contributed by atoms with Crippen LogP contribution in [0.25, 0.3) is 10.9 Å². The van der Waals surface area contributed by atoms with E-state index in [1.54, 1.807) is 12.1 Å². The van der Waals surface area contributed by atoms with Gasteiger partial charge in [0, 0.05) is 35.3 Å². The average Bonchev–Trinajstić information content (AvgIpc) is 2.57. The molecular weight excluding hydrogens is 326 g/mol. The predicted octanol–water partition coefficient (Wildman–Crippen LogP) is 3.86. The standard InChI is InChI=1S/C19H16F2N2O2/c1-3-23-11(2)8-18(24)14-9-12(4-7-17(14)23)19(25)22-16-6-5-13(20)10-15(16)21/h4-10H,3H2,1-2H3,(H,22,25). The van der Waals surface area contributed by atoms with Gasteiger partial charge in [0.1, 0.15) is 11.6 Å². The molecule has 0 unspecified atom stereocenters. The summed E-state index contributed by atoms with van der Waals surface area (Å²) in [6.45, 7) is 4.51. The van der Waals surface area contributed by atoms with E-state index in [4.69, 9.17) is 0 Å². The van der Waals surface area contributed by atoms with Gasteiger partial charge in [-0.05, 0) is 44.2 Å². The van der Waals surface area contributed by atoms with Crippen LogP contribution in [0.15, 0.2) is 47.3 Å². The van der Waals surface area contributed by atoms with Crippen molar-refractivity contribution >= 4 is 22.5 Å². The van der Waals surface area contributed by atoms with Crippen LogP contribution >= 0.6 is 0 Å². The Morgan fingerprint density at radius 3 is 2.56 bits per heavy atom. The lowest BCUT2D eigenvalue weighted by atomic mass is 10.1. The Bertz CT molecular complexity index is 1040. The summed E-state index contributed by atoms with van der Waals surface area (Å²) in [7, 11) is 0. The first-order valence-corrected chi connectivity index (χ1v) is 7.81. The molecule has 1 N–H and O–H groups in total. The van der Waals surface area contributed by atoms with Crippen LogP contribution < -0.4 is 10.7 Å². The molecule has 0 aliphatic heterocycles. The SMILES string of the molecule is CCn1c(C)cc(=O)c2cc(C(=O)Nc3ccc(F)cc3F)ccc21. The number of carbonyl (C=O) groups is 1. The molecule has 0 bridgehead atoms. The molecule has 2 aromatic carbocycles. The molecule has 4 nitrogen and oxygen atoms in total. The number of rotatable bonds is 3. The zero-order valence-electron chi connectivity index (χ0n) is 13.8. The maximum Gasteiger partial charge on any atom is 0.255 e. The summed E-state index contributed by atoms with van der Waals surface area (Å²) >= 11 is 0. The summed E-state index contributed by atoms with van der Waals surface area (Å²) < 4.78 is 28.6. The number of pyridine rings is 1. The van der Waals surface area contributed by atoms with E-state index in [-0.39, 0.29) is 16.7 Å². The van der Waals surface area contributed by atoms with Gasteiger partial charge in [0.15, 0.2) is 5.43 Å². The van der Waals surface area contributed by atoms with Gasteiger partial charge in [-0.1, -0.05) is 0 Å². The Labute approximate surface area is 142 Å². The summed E-state index contributed by atoms with van der Waals surface area (Å²) in [6, 6.07) is 9.18. The molecular formula is C19H16F2N2O2. The van der Waals surface area contributed by atoms with Crippen molar-refractivity contribution in [3.8, 4) is 0 Å². The van der Waals surface area contributed by atoms with E-state index < -0.39 is 17.5 Å². The first-order valence-electron chi connectivity index (χ1n) is 7.81. The lowest BCUT2D eigenvalue weighted by molar-refractivity contribution is 0.102. The number of nitrogens with one attached hydrogen (secondary N) is 1. The molecule has 0 atom stereocenters. The van der Waals surface area contributed by atoms with Gasteiger partial charge in [0.05, 0.1) is 11.2 Å². The van der Waals surface area contributed by atoms with Crippen LogP contribution in [-0.4, -0.2) is 10.5 Å². The number of fused-ring (bicyclic) bond motifs is 1. The number of aryl methyl sites for hydroxylation is 2. The minimum atomic E-state index is -0.863. The van der Waals surface area contributed by atoms with Gasteiger partial charge >= 0.3 is 0 Å². The van der Waals surface area contributed by atoms with Crippen LogP contribution in [-0.2, 0) is 6.54 Å². The van der Waals surface area contributed by atoms with Crippen molar-refractivity contribution in [3.05, 3.63) is 75.6 Å². The average molecular weight is 342 g/mol. The topological polar surface area (TPSA) is 51.1 Å². The molecule has 1 aromatic heterocycles. The van der Waals surface area contributed by atoms with Crippen molar-refractivity contribution in [1.82, 2.24) is 4.57 Å². The molecule has 0 saturated carbocycles. The van der Waals surface area contributed by atoms with Crippen LogP contribution in [0.2, 0.25) is 0 Å². The zero-order valence-corrected chi connectivity index (χ0v) is 13.8. The van der Waals surface area contributed by atoms with Crippen molar-refractivity contribution in [1.29, 1.82) is 0 Å². The molecule has 0 saturated heterocycles. The Morgan fingerprint density at radius 1 is 1.12 bits per heavy atom. The maximum atomic E-state index is 13.7. The molecule has 0 aliphatic rings. The highest BCUT2D eigenvalue weighted by Gasteiger charge is 2.13. The van der Waals surface area contributed by atoms with Crippen molar-refractivity contribution in [2.45, 2.75) is 20.4 Å². The van der Waals surface area contributed by atoms with Crippen molar-refractivity contribution in [2.75, 3.05) is 5.32 Å². The molecule has 1 amide bonds. The van der Waals surface area contributed by atoms with Crippen LogP contribution in [0.3, 0.4) is 0 Å². The van der Waals surface area contributed by atoms with E-state index in [2.05, 4.69) is 5.32 Å². The monoisotopic (exact) mass is 342 g/mol. The Balaban J connectivity index is 2.01. The highest BCUT2D eigenvalue weighted by atomic mass is 19.1. The molecule has 0 spiro atoms. The summed E-state index contributed by atoms with van der Waals surface area (Å²) in [5, 5.41) is 2.80. The molecule has 3 aromatic rings. The number of anilines is 1. The molecule has 128 valence electrons. The molecule has 1 heterocycles. The molecule has 3 rings (SSSR count). The number of hydrogen-bond acceptors (Lipinski definition) is 2. The van der Waals surface area contributed by atoms with E-state index in [0.29, 0.717) is 18.0 Å². The number of benzene rings is 2. The number of nitrogens with zero attached hydrogens (tertiary/aromatic N) is 1. The van der Waals surface area contributed by atoms with Gasteiger partial charge in [0.2, 0.25) is 0 Å². The quantitative estimate of drug-likeness (QED) is 0.786. The first kappa shape index (κ1) is 16.8. The van der Waals surface area contributed by atoms with Gasteiger partial charge in [0.25, 0.3) is 5.91 Å². The largest absolute Gasteiger partial charge is 0.345 e. The van der Waals surface area contributed by atoms with Crippen LogP contribution in [0.5, 0.6) is 0 Å². The van der Waals surface area contributed by atoms with E-state index in [9.17, 15) is 18.4 Å². The highest BCUT2D eigenvalue weighted by Crippen LogP contribution is 2.19. The third-order valence-corrected chi connectivity index (χ3v) is 4.08. The van der Waals surface area contributed by atoms with Crippen LogP contribution in [0.1, 0.15) is 23.0 Å². The second kappa shape index (κ2) is 6.47. The summed E-state index contributed by atoms with van der Waals surface area (Å²) in [5.74, 6) is -2.16. The lowest BCUT2D eigenvalue weighted by Crippen LogP contribution is -2.15. The third kappa shape index (κ3) is 3.15. The number of amides is 1. The summed E-state index contributed by atoms with van der Waals surface area (Å²) in [5.41, 5.74) is 1.49. The molecule has 0 aliphatic carbocycles. The second-order valence-corrected chi connectivity index (χ2v) is 5.70. The fraction of sp³-hybridized carbons (Fsp3) is 0.158. The van der Waals surface area contributed by atoms with E-state index in [1.165, 1.54) is 12.1 Å².